The Kier molecular flexibility index (Phi) is 3.62. The van der Waals surface area contributed by atoms with E-state index >= 15 is 0 Å². The summed E-state index contributed by atoms with van der Waals surface area (Å²) in [6.45, 7) is 0. The second-order valence-electron chi connectivity index (χ2n) is 3.34. The van der Waals surface area contributed by atoms with Gasteiger partial charge in [-0.25, -0.2) is 4.98 Å². The Bertz CT molecular complexity index is 508. The Morgan fingerprint density at radius 3 is 2.47 bits per heavy atom. The first-order chi connectivity index (χ1) is 8.06. The van der Waals surface area contributed by atoms with Crippen LogP contribution in [-0.4, -0.2) is 4.98 Å². The number of anilines is 3. The molecule has 0 amide bonds. The van der Waals surface area contributed by atoms with Crippen LogP contribution < -0.4 is 11.1 Å². The normalized spacial score (nSPS) is 10.3. The summed E-state index contributed by atoms with van der Waals surface area (Å²) in [5.41, 5.74) is 6.90. The van der Waals surface area contributed by atoms with Crippen LogP contribution in [0.4, 0.5) is 17.2 Å². The molecule has 1 aromatic carbocycles. The van der Waals surface area contributed by atoms with Crippen LogP contribution in [0.5, 0.6) is 0 Å². The van der Waals surface area contributed by atoms with Crippen molar-refractivity contribution in [3.63, 3.8) is 0 Å². The van der Waals surface area contributed by atoms with Crippen molar-refractivity contribution in [2.24, 2.45) is 0 Å². The van der Waals surface area contributed by atoms with Gasteiger partial charge in [-0.15, -0.1) is 0 Å². The van der Waals surface area contributed by atoms with E-state index in [1.165, 1.54) is 6.20 Å². The lowest BCUT2D eigenvalue weighted by Gasteiger charge is -2.10. The van der Waals surface area contributed by atoms with Gasteiger partial charge in [0.2, 0.25) is 0 Å². The van der Waals surface area contributed by atoms with E-state index in [2.05, 4.69) is 10.3 Å². The highest BCUT2D eigenvalue weighted by Crippen LogP contribution is 2.30. The number of nitrogens with two attached hydrogens (primary N) is 1. The summed E-state index contributed by atoms with van der Waals surface area (Å²) in [7, 11) is 0. The Labute approximate surface area is 114 Å². The topological polar surface area (TPSA) is 50.9 Å². The Morgan fingerprint density at radius 2 is 1.82 bits per heavy atom. The maximum atomic E-state index is 6.02. The number of nitrogens with one attached hydrogen (secondary N) is 1. The lowest BCUT2D eigenvalue weighted by molar-refractivity contribution is 1.31. The summed E-state index contributed by atoms with van der Waals surface area (Å²) < 4.78 is 0. The molecule has 1 aromatic heterocycles. The summed E-state index contributed by atoms with van der Waals surface area (Å²) in [5.74, 6) is 0.499. The predicted octanol–water partition coefficient (Wildman–Crippen LogP) is 4.37. The molecule has 0 saturated heterocycles. The fraction of sp³-hybridized carbons (Fsp3) is 0. The van der Waals surface area contributed by atoms with Crippen LogP contribution in [0.2, 0.25) is 15.1 Å². The summed E-state index contributed by atoms with van der Waals surface area (Å²) in [6.07, 6.45) is 1.50. The predicted molar refractivity (Wildman–Crippen MR) is 73.4 cm³/mol. The van der Waals surface area contributed by atoms with Gasteiger partial charge in [-0.05, 0) is 24.3 Å². The highest BCUT2D eigenvalue weighted by atomic mass is 35.5. The van der Waals surface area contributed by atoms with Gasteiger partial charge in [0.25, 0.3) is 0 Å². The summed E-state index contributed by atoms with van der Waals surface area (Å²) in [6, 6.07) is 6.72. The Hall–Kier alpha value is -1.16. The van der Waals surface area contributed by atoms with Crippen molar-refractivity contribution >= 4 is 52.0 Å². The highest BCUT2D eigenvalue weighted by Gasteiger charge is 2.05. The van der Waals surface area contributed by atoms with Crippen molar-refractivity contribution in [1.82, 2.24) is 4.98 Å². The van der Waals surface area contributed by atoms with Crippen LogP contribution in [0.1, 0.15) is 0 Å². The van der Waals surface area contributed by atoms with Gasteiger partial charge in [0.15, 0.2) is 5.82 Å². The van der Waals surface area contributed by atoms with Gasteiger partial charge in [0, 0.05) is 11.2 Å². The van der Waals surface area contributed by atoms with Crippen LogP contribution >= 0.6 is 34.8 Å². The van der Waals surface area contributed by atoms with Gasteiger partial charge in [-0.3, -0.25) is 0 Å². The zero-order valence-corrected chi connectivity index (χ0v) is 10.8. The zero-order chi connectivity index (χ0) is 12.4. The first-order valence-corrected chi connectivity index (χ1v) is 5.83. The van der Waals surface area contributed by atoms with Crippen molar-refractivity contribution < 1.29 is 0 Å². The van der Waals surface area contributed by atoms with E-state index in [-0.39, 0.29) is 0 Å². The molecule has 0 atom stereocenters. The monoisotopic (exact) mass is 287 g/mol. The SMILES string of the molecule is Nc1cc(Cl)cnc1Nc1ccc(Cl)cc1Cl. The molecule has 0 radical (unpaired) electrons. The first-order valence-electron chi connectivity index (χ1n) is 4.69. The molecule has 0 aliphatic heterocycles. The van der Waals surface area contributed by atoms with Crippen LogP contribution in [0, 0.1) is 0 Å². The second kappa shape index (κ2) is 5.00. The smallest absolute Gasteiger partial charge is 0.153 e. The molecule has 2 rings (SSSR count). The van der Waals surface area contributed by atoms with Crippen molar-refractivity contribution in [2.75, 3.05) is 11.1 Å². The third-order valence-corrected chi connectivity index (χ3v) is 2.82. The lowest BCUT2D eigenvalue weighted by Crippen LogP contribution is -1.99. The van der Waals surface area contributed by atoms with E-state index in [0.717, 1.165) is 0 Å². The fourth-order valence-electron chi connectivity index (χ4n) is 1.28. The zero-order valence-electron chi connectivity index (χ0n) is 8.55. The average molecular weight is 289 g/mol. The summed E-state index contributed by atoms with van der Waals surface area (Å²) >= 11 is 17.6. The van der Waals surface area contributed by atoms with Crippen molar-refractivity contribution in [3.05, 3.63) is 45.5 Å². The molecule has 0 aliphatic rings. The minimum absolute atomic E-state index is 0.448. The van der Waals surface area contributed by atoms with Gasteiger partial charge in [0.05, 0.1) is 21.4 Å². The number of nitrogen functional groups attached to an aromatic ring is 1. The molecule has 0 fully saturated rings. The largest absolute Gasteiger partial charge is 0.396 e. The van der Waals surface area contributed by atoms with E-state index in [0.29, 0.717) is 32.3 Å². The van der Waals surface area contributed by atoms with Gasteiger partial charge < -0.3 is 11.1 Å². The molecular weight excluding hydrogens is 281 g/mol. The van der Waals surface area contributed by atoms with E-state index in [9.17, 15) is 0 Å². The molecule has 0 bridgehead atoms. The average Bonchev–Trinajstić information content (AvgIpc) is 2.25. The summed E-state index contributed by atoms with van der Waals surface area (Å²) in [5, 5.41) is 4.55. The quantitative estimate of drug-likeness (QED) is 0.863. The summed E-state index contributed by atoms with van der Waals surface area (Å²) in [4.78, 5) is 4.08. The molecule has 6 heteroatoms. The molecule has 0 saturated carbocycles. The van der Waals surface area contributed by atoms with E-state index < -0.39 is 0 Å². The van der Waals surface area contributed by atoms with Crippen molar-refractivity contribution in [2.45, 2.75) is 0 Å². The molecule has 3 nitrogen and oxygen atoms in total. The van der Waals surface area contributed by atoms with Crippen molar-refractivity contribution in [3.8, 4) is 0 Å². The molecule has 0 spiro atoms. The van der Waals surface area contributed by atoms with E-state index in [1.54, 1.807) is 24.3 Å². The van der Waals surface area contributed by atoms with E-state index in [1.807, 2.05) is 0 Å². The van der Waals surface area contributed by atoms with E-state index in [4.69, 9.17) is 40.5 Å². The minimum atomic E-state index is 0.448. The van der Waals surface area contributed by atoms with Gasteiger partial charge in [0.1, 0.15) is 0 Å². The molecule has 17 heavy (non-hydrogen) atoms. The molecule has 3 N–H and O–H groups in total. The van der Waals surface area contributed by atoms with Crippen LogP contribution in [0.15, 0.2) is 30.5 Å². The fourth-order valence-corrected chi connectivity index (χ4v) is 1.90. The standard InChI is InChI=1S/C11H8Cl3N3/c12-6-1-2-10(8(14)3-6)17-11-9(15)4-7(13)5-16-11/h1-5H,15H2,(H,16,17). The van der Waals surface area contributed by atoms with Gasteiger partial charge in [-0.1, -0.05) is 34.8 Å². The number of nitrogens with zero attached hydrogens (tertiary/aromatic N) is 1. The number of rotatable bonds is 2. The number of halogens is 3. The number of hydrogen-bond acceptors (Lipinski definition) is 3. The van der Waals surface area contributed by atoms with Crippen LogP contribution in [-0.2, 0) is 0 Å². The van der Waals surface area contributed by atoms with Crippen LogP contribution in [0.25, 0.3) is 0 Å². The molecular formula is C11H8Cl3N3. The van der Waals surface area contributed by atoms with Crippen molar-refractivity contribution in [1.29, 1.82) is 0 Å². The molecule has 2 aromatic rings. The maximum Gasteiger partial charge on any atom is 0.153 e. The second-order valence-corrected chi connectivity index (χ2v) is 4.62. The first kappa shape index (κ1) is 12.3. The molecule has 0 unspecified atom stereocenters. The number of pyridine rings is 1. The maximum absolute atomic E-state index is 6.02. The number of aromatic nitrogens is 1. The van der Waals surface area contributed by atoms with Crippen LogP contribution in [0.3, 0.4) is 0 Å². The molecule has 1 heterocycles. The number of hydrogen-bond donors (Lipinski definition) is 2. The molecule has 88 valence electrons. The Morgan fingerprint density at radius 1 is 1.06 bits per heavy atom. The molecule has 0 aliphatic carbocycles. The highest BCUT2D eigenvalue weighted by molar-refractivity contribution is 6.36. The third kappa shape index (κ3) is 2.94. The van der Waals surface area contributed by atoms with Gasteiger partial charge >= 0.3 is 0 Å². The third-order valence-electron chi connectivity index (χ3n) is 2.07. The number of benzene rings is 1. The lowest BCUT2D eigenvalue weighted by atomic mass is 10.3. The Balaban J connectivity index is 2.31. The van der Waals surface area contributed by atoms with Gasteiger partial charge in [-0.2, -0.15) is 0 Å². The minimum Gasteiger partial charge on any atom is -0.396 e.